The first-order chi connectivity index (χ1) is 7.77. The first-order valence-electron chi connectivity index (χ1n) is 5.75. The van der Waals surface area contributed by atoms with E-state index in [1.807, 2.05) is 0 Å². The van der Waals surface area contributed by atoms with E-state index in [9.17, 15) is 0 Å². The molecule has 0 saturated heterocycles. The molecule has 0 radical (unpaired) electrons. The van der Waals surface area contributed by atoms with Crippen molar-refractivity contribution in [3.8, 4) is 6.07 Å². The molecule has 2 aromatic rings. The van der Waals surface area contributed by atoms with E-state index in [1.165, 1.54) is 10.9 Å². The minimum absolute atomic E-state index is 0.0331. The number of rotatable bonds is 1. The molecule has 3 fully saturated rings. The molecule has 16 heavy (non-hydrogen) atoms. The van der Waals surface area contributed by atoms with Crippen molar-refractivity contribution in [1.29, 1.82) is 5.26 Å². The van der Waals surface area contributed by atoms with Crippen LogP contribution in [0.3, 0.4) is 0 Å². The molecule has 1 aromatic carbocycles. The predicted molar refractivity (Wildman–Crippen MR) is 61.8 cm³/mol. The van der Waals surface area contributed by atoms with Crippen LogP contribution in [-0.2, 0) is 5.54 Å². The van der Waals surface area contributed by atoms with E-state index in [-0.39, 0.29) is 11.0 Å². The molecule has 0 atom stereocenters. The number of nitriles is 1. The lowest BCUT2D eigenvalue weighted by Gasteiger charge is -2.67. The molecule has 2 bridgehead atoms. The van der Waals surface area contributed by atoms with Crippen LogP contribution in [-0.4, -0.2) is 4.57 Å². The van der Waals surface area contributed by atoms with Gasteiger partial charge in [-0.25, -0.2) is 0 Å². The molecule has 2 heteroatoms. The second-order valence-corrected chi connectivity index (χ2v) is 5.39. The summed E-state index contributed by atoms with van der Waals surface area (Å²) in [7, 11) is 0. The Kier molecular flexibility index (Phi) is 1.22. The van der Waals surface area contributed by atoms with Crippen molar-refractivity contribution in [3.63, 3.8) is 0 Å². The van der Waals surface area contributed by atoms with Crippen LogP contribution in [0.1, 0.15) is 19.3 Å². The summed E-state index contributed by atoms with van der Waals surface area (Å²) in [5.74, 6) is 0. The average molecular weight is 208 g/mol. The number of nitrogens with zero attached hydrogens (tertiary/aromatic N) is 2. The fourth-order valence-electron chi connectivity index (χ4n) is 3.61. The zero-order valence-electron chi connectivity index (χ0n) is 8.98. The number of fused-ring (bicyclic) bond motifs is 1. The minimum Gasteiger partial charge on any atom is -0.341 e. The van der Waals surface area contributed by atoms with E-state index < -0.39 is 0 Å². The molecule has 1 aromatic heterocycles. The largest absolute Gasteiger partial charge is 0.341 e. The summed E-state index contributed by atoms with van der Waals surface area (Å²) in [5.41, 5.74) is 1.62. The zero-order chi connectivity index (χ0) is 10.8. The number of hydrogen-bond acceptors (Lipinski definition) is 1. The Balaban J connectivity index is 1.83. The Morgan fingerprint density at radius 1 is 1.12 bits per heavy atom. The van der Waals surface area contributed by atoms with Gasteiger partial charge in [0.05, 0.1) is 11.5 Å². The molecule has 1 heterocycles. The van der Waals surface area contributed by atoms with Crippen LogP contribution < -0.4 is 0 Å². The summed E-state index contributed by atoms with van der Waals surface area (Å²) in [4.78, 5) is 0. The van der Waals surface area contributed by atoms with Gasteiger partial charge in [0.15, 0.2) is 0 Å². The van der Waals surface area contributed by atoms with Gasteiger partial charge in [-0.2, -0.15) is 5.26 Å². The third-order valence-corrected chi connectivity index (χ3v) is 4.35. The molecule has 0 aliphatic heterocycles. The quantitative estimate of drug-likeness (QED) is 0.708. The van der Waals surface area contributed by atoms with Gasteiger partial charge in [0.1, 0.15) is 0 Å². The normalized spacial score (nSPS) is 35.2. The monoisotopic (exact) mass is 208 g/mol. The maximum Gasteiger partial charge on any atom is 0.0692 e. The van der Waals surface area contributed by atoms with Crippen molar-refractivity contribution in [1.82, 2.24) is 4.57 Å². The van der Waals surface area contributed by atoms with E-state index in [0.717, 1.165) is 19.3 Å². The molecule has 0 N–H and O–H groups in total. The molecule has 0 unspecified atom stereocenters. The number of para-hydroxylation sites is 1. The summed E-state index contributed by atoms with van der Waals surface area (Å²) >= 11 is 0. The van der Waals surface area contributed by atoms with Crippen molar-refractivity contribution in [2.75, 3.05) is 0 Å². The maximum atomic E-state index is 9.05. The van der Waals surface area contributed by atoms with Crippen molar-refractivity contribution in [3.05, 3.63) is 36.5 Å². The third-order valence-electron chi connectivity index (χ3n) is 4.35. The lowest BCUT2D eigenvalue weighted by atomic mass is 9.40. The van der Waals surface area contributed by atoms with Crippen molar-refractivity contribution in [2.24, 2.45) is 5.41 Å². The van der Waals surface area contributed by atoms with E-state index in [1.54, 1.807) is 0 Å². The van der Waals surface area contributed by atoms with Crippen molar-refractivity contribution < 1.29 is 0 Å². The van der Waals surface area contributed by atoms with Gasteiger partial charge in [0.2, 0.25) is 0 Å². The van der Waals surface area contributed by atoms with Gasteiger partial charge < -0.3 is 4.57 Å². The second kappa shape index (κ2) is 2.32. The van der Waals surface area contributed by atoms with Crippen LogP contribution in [0, 0.1) is 16.7 Å². The average Bonchev–Trinajstić information content (AvgIpc) is 2.60. The Bertz CT molecular complexity index is 610. The molecule has 3 aliphatic carbocycles. The lowest BCUT2D eigenvalue weighted by molar-refractivity contribution is -0.143. The van der Waals surface area contributed by atoms with Crippen molar-refractivity contribution in [2.45, 2.75) is 24.8 Å². The highest BCUT2D eigenvalue weighted by atomic mass is 15.1. The van der Waals surface area contributed by atoms with Gasteiger partial charge in [0.25, 0.3) is 0 Å². The molecule has 0 spiro atoms. The molecule has 5 rings (SSSR count). The number of benzene rings is 1. The summed E-state index contributed by atoms with van der Waals surface area (Å²) in [6.45, 7) is 0. The highest BCUT2D eigenvalue weighted by Gasteiger charge is 2.69. The van der Waals surface area contributed by atoms with Crippen molar-refractivity contribution >= 4 is 10.9 Å². The van der Waals surface area contributed by atoms with Crippen LogP contribution in [0.5, 0.6) is 0 Å². The van der Waals surface area contributed by atoms with E-state index in [2.05, 4.69) is 47.2 Å². The van der Waals surface area contributed by atoms with Gasteiger partial charge >= 0.3 is 0 Å². The number of aromatic nitrogens is 1. The highest BCUT2D eigenvalue weighted by molar-refractivity contribution is 5.80. The Labute approximate surface area is 94.1 Å². The van der Waals surface area contributed by atoms with Gasteiger partial charge in [-0.05, 0) is 36.8 Å². The standard InChI is InChI=1S/C14H12N2/c15-10-13-7-14(8-13,9-13)16-6-5-11-3-1-2-4-12(11)16/h1-6H,7-9H2. The van der Waals surface area contributed by atoms with E-state index in [0.29, 0.717) is 0 Å². The van der Waals surface area contributed by atoms with Crippen LogP contribution in [0.4, 0.5) is 0 Å². The van der Waals surface area contributed by atoms with Gasteiger partial charge in [0, 0.05) is 17.3 Å². The predicted octanol–water partition coefficient (Wildman–Crippen LogP) is 3.04. The van der Waals surface area contributed by atoms with Crippen LogP contribution >= 0.6 is 0 Å². The van der Waals surface area contributed by atoms with Crippen LogP contribution in [0.25, 0.3) is 10.9 Å². The second-order valence-electron chi connectivity index (χ2n) is 5.39. The molecule has 0 amide bonds. The fourth-order valence-corrected chi connectivity index (χ4v) is 3.61. The Hall–Kier alpha value is -1.75. The topological polar surface area (TPSA) is 28.7 Å². The first-order valence-corrected chi connectivity index (χ1v) is 5.75. The molecular weight excluding hydrogens is 196 g/mol. The SMILES string of the molecule is N#CC12CC(n3ccc4ccccc43)(C1)C2. The highest BCUT2D eigenvalue weighted by Crippen LogP contribution is 2.71. The summed E-state index contributed by atoms with van der Waals surface area (Å²) in [5, 5.41) is 10.4. The van der Waals surface area contributed by atoms with Crippen LogP contribution in [0.15, 0.2) is 36.5 Å². The fraction of sp³-hybridized carbons (Fsp3) is 0.357. The molecule has 78 valence electrons. The molecular formula is C14H12N2. The maximum absolute atomic E-state index is 9.05. The third kappa shape index (κ3) is 0.757. The first kappa shape index (κ1) is 8.41. The summed E-state index contributed by atoms with van der Waals surface area (Å²) in [6, 6.07) is 13.1. The lowest BCUT2D eigenvalue weighted by Crippen LogP contribution is -2.66. The van der Waals surface area contributed by atoms with Gasteiger partial charge in [-0.1, -0.05) is 18.2 Å². The van der Waals surface area contributed by atoms with E-state index in [4.69, 9.17) is 5.26 Å². The number of hydrogen-bond donors (Lipinski definition) is 0. The van der Waals surface area contributed by atoms with Crippen LogP contribution in [0.2, 0.25) is 0 Å². The Morgan fingerprint density at radius 2 is 1.88 bits per heavy atom. The summed E-state index contributed by atoms with van der Waals surface area (Å²) in [6.07, 6.45) is 5.34. The van der Waals surface area contributed by atoms with Gasteiger partial charge in [-0.3, -0.25) is 0 Å². The smallest absolute Gasteiger partial charge is 0.0692 e. The molecule has 3 saturated carbocycles. The molecule has 3 aliphatic rings. The van der Waals surface area contributed by atoms with Gasteiger partial charge in [-0.15, -0.1) is 0 Å². The van der Waals surface area contributed by atoms with E-state index >= 15 is 0 Å². The zero-order valence-corrected chi connectivity index (χ0v) is 8.98. The Morgan fingerprint density at radius 3 is 2.62 bits per heavy atom. The minimum atomic E-state index is 0.0331. The summed E-state index contributed by atoms with van der Waals surface area (Å²) < 4.78 is 2.39. The molecule has 2 nitrogen and oxygen atoms in total.